The number of amides is 2. The zero-order valence-electron chi connectivity index (χ0n) is 14.4. The number of aromatic amines is 1. The van der Waals surface area contributed by atoms with Crippen molar-refractivity contribution in [1.29, 1.82) is 0 Å². The van der Waals surface area contributed by atoms with Crippen LogP contribution in [-0.4, -0.2) is 45.7 Å². The molecule has 4 rings (SSSR count). The van der Waals surface area contributed by atoms with Gasteiger partial charge in [0.15, 0.2) is 0 Å². The molecule has 0 saturated carbocycles. The van der Waals surface area contributed by atoms with Crippen molar-refractivity contribution in [1.82, 2.24) is 14.8 Å². The summed E-state index contributed by atoms with van der Waals surface area (Å²) in [6, 6.07) is 7.70. The number of piperazine rings is 1. The van der Waals surface area contributed by atoms with Crippen molar-refractivity contribution in [3.63, 3.8) is 0 Å². The van der Waals surface area contributed by atoms with Crippen molar-refractivity contribution in [2.45, 2.75) is 39.3 Å². The van der Waals surface area contributed by atoms with Crippen LogP contribution in [0.15, 0.2) is 24.3 Å². The van der Waals surface area contributed by atoms with Crippen molar-refractivity contribution >= 4 is 22.7 Å². The Hall–Kier alpha value is -2.30. The molecule has 126 valence electrons. The van der Waals surface area contributed by atoms with Gasteiger partial charge >= 0.3 is 0 Å². The van der Waals surface area contributed by atoms with Crippen molar-refractivity contribution < 1.29 is 9.59 Å². The summed E-state index contributed by atoms with van der Waals surface area (Å²) in [4.78, 5) is 32.7. The molecule has 2 atom stereocenters. The van der Waals surface area contributed by atoms with E-state index >= 15 is 0 Å². The molecule has 0 radical (unpaired) electrons. The minimum absolute atomic E-state index is 0.0528. The molecule has 3 heterocycles. The van der Waals surface area contributed by atoms with Gasteiger partial charge in [0.2, 0.25) is 11.8 Å². The van der Waals surface area contributed by atoms with Gasteiger partial charge in [-0.25, -0.2) is 0 Å². The van der Waals surface area contributed by atoms with Gasteiger partial charge in [-0.05, 0) is 24.5 Å². The van der Waals surface area contributed by atoms with Gasteiger partial charge in [-0.2, -0.15) is 0 Å². The van der Waals surface area contributed by atoms with E-state index in [9.17, 15) is 9.59 Å². The summed E-state index contributed by atoms with van der Waals surface area (Å²) in [5.74, 6) is 0.501. The number of rotatable bonds is 2. The summed E-state index contributed by atoms with van der Waals surface area (Å²) in [6.45, 7) is 7.01. The Kier molecular flexibility index (Phi) is 3.41. The Balaban J connectivity index is 1.77. The first kappa shape index (κ1) is 15.2. The number of hydrogen-bond donors (Lipinski definition) is 1. The van der Waals surface area contributed by atoms with Crippen molar-refractivity contribution in [3.8, 4) is 0 Å². The summed E-state index contributed by atoms with van der Waals surface area (Å²) < 4.78 is 0. The average molecular weight is 325 g/mol. The highest BCUT2D eigenvalue weighted by Gasteiger charge is 2.46. The van der Waals surface area contributed by atoms with Crippen molar-refractivity contribution in [3.05, 3.63) is 35.5 Å². The standard InChI is InChI=1S/C19H23N3O2/c1-11(2)9-21-10-17(23)22-12(3)18-14(8-16(22)19(21)24)13-6-4-5-7-15(13)20-18/h4-7,11-12,16,20H,8-10H2,1-3H3/t12-,16+/m1/s1. The third-order valence-corrected chi connectivity index (χ3v) is 5.21. The van der Waals surface area contributed by atoms with E-state index in [1.807, 2.05) is 25.1 Å². The molecule has 1 fully saturated rings. The quantitative estimate of drug-likeness (QED) is 0.922. The molecular weight excluding hydrogens is 302 g/mol. The molecule has 0 unspecified atom stereocenters. The minimum atomic E-state index is -0.369. The number of carbonyl (C=O) groups is 2. The number of nitrogens with one attached hydrogen (secondary N) is 1. The largest absolute Gasteiger partial charge is 0.356 e. The lowest BCUT2D eigenvalue weighted by Gasteiger charge is -2.46. The van der Waals surface area contributed by atoms with E-state index in [4.69, 9.17) is 0 Å². The molecule has 1 saturated heterocycles. The third kappa shape index (κ3) is 2.14. The maximum Gasteiger partial charge on any atom is 0.246 e. The van der Waals surface area contributed by atoms with Crippen LogP contribution in [0.4, 0.5) is 0 Å². The first-order valence-corrected chi connectivity index (χ1v) is 8.66. The van der Waals surface area contributed by atoms with Crippen LogP contribution in [0.3, 0.4) is 0 Å². The van der Waals surface area contributed by atoms with Crippen LogP contribution in [0.2, 0.25) is 0 Å². The van der Waals surface area contributed by atoms with Gasteiger partial charge in [0, 0.05) is 29.6 Å². The second-order valence-corrected chi connectivity index (χ2v) is 7.37. The second-order valence-electron chi connectivity index (χ2n) is 7.37. The molecular formula is C19H23N3O2. The number of H-pyrrole nitrogens is 1. The molecule has 1 aromatic carbocycles. The minimum Gasteiger partial charge on any atom is -0.356 e. The maximum absolute atomic E-state index is 13.0. The van der Waals surface area contributed by atoms with Gasteiger partial charge in [-0.1, -0.05) is 32.0 Å². The third-order valence-electron chi connectivity index (χ3n) is 5.21. The zero-order chi connectivity index (χ0) is 17.0. The summed E-state index contributed by atoms with van der Waals surface area (Å²) in [5.41, 5.74) is 3.34. The molecule has 2 amide bonds. The molecule has 5 heteroatoms. The Morgan fingerprint density at radius 2 is 2.00 bits per heavy atom. The molecule has 24 heavy (non-hydrogen) atoms. The van der Waals surface area contributed by atoms with E-state index in [-0.39, 0.29) is 30.4 Å². The number of carbonyl (C=O) groups excluding carboxylic acids is 2. The van der Waals surface area contributed by atoms with Crippen LogP contribution in [-0.2, 0) is 16.0 Å². The molecule has 2 aliphatic heterocycles. The lowest BCUT2D eigenvalue weighted by Crippen LogP contribution is -2.62. The normalized spacial score (nSPS) is 23.8. The number of hydrogen-bond acceptors (Lipinski definition) is 2. The fourth-order valence-corrected chi connectivity index (χ4v) is 4.22. The van der Waals surface area contributed by atoms with E-state index in [0.717, 1.165) is 11.2 Å². The average Bonchev–Trinajstić information content (AvgIpc) is 2.91. The zero-order valence-corrected chi connectivity index (χ0v) is 14.4. The first-order valence-electron chi connectivity index (χ1n) is 8.66. The van der Waals surface area contributed by atoms with Gasteiger partial charge in [0.25, 0.3) is 0 Å². The van der Waals surface area contributed by atoms with Crippen LogP contribution in [0, 0.1) is 5.92 Å². The monoisotopic (exact) mass is 325 g/mol. The molecule has 2 aromatic rings. The number of aromatic nitrogens is 1. The first-order chi connectivity index (χ1) is 11.5. The number of para-hydroxylation sites is 1. The number of fused-ring (bicyclic) bond motifs is 4. The van der Waals surface area contributed by atoms with Gasteiger partial charge in [0.1, 0.15) is 6.04 Å². The summed E-state index contributed by atoms with van der Waals surface area (Å²) in [6.07, 6.45) is 0.600. The van der Waals surface area contributed by atoms with E-state index in [0.29, 0.717) is 18.9 Å². The van der Waals surface area contributed by atoms with Crippen molar-refractivity contribution in [2.24, 2.45) is 5.92 Å². The number of nitrogens with zero attached hydrogens (tertiary/aromatic N) is 2. The Labute approximate surface area is 141 Å². The van der Waals surface area contributed by atoms with E-state index in [2.05, 4.69) is 24.9 Å². The van der Waals surface area contributed by atoms with Crippen LogP contribution in [0.5, 0.6) is 0 Å². The van der Waals surface area contributed by atoms with E-state index < -0.39 is 0 Å². The Morgan fingerprint density at radius 1 is 1.25 bits per heavy atom. The molecule has 1 aromatic heterocycles. The van der Waals surface area contributed by atoms with Crippen LogP contribution >= 0.6 is 0 Å². The van der Waals surface area contributed by atoms with Gasteiger partial charge in [-0.15, -0.1) is 0 Å². The predicted octanol–water partition coefficient (Wildman–Crippen LogP) is 2.48. The highest BCUT2D eigenvalue weighted by atomic mass is 16.2. The predicted molar refractivity (Wildman–Crippen MR) is 92.5 cm³/mol. The van der Waals surface area contributed by atoms with Gasteiger partial charge in [0.05, 0.1) is 12.6 Å². The molecule has 0 bridgehead atoms. The van der Waals surface area contributed by atoms with Crippen molar-refractivity contribution in [2.75, 3.05) is 13.1 Å². The molecule has 1 N–H and O–H groups in total. The molecule has 0 aliphatic carbocycles. The van der Waals surface area contributed by atoms with Gasteiger partial charge in [-0.3, -0.25) is 9.59 Å². The van der Waals surface area contributed by atoms with E-state index in [1.165, 1.54) is 10.9 Å². The topological polar surface area (TPSA) is 56.4 Å². The number of benzene rings is 1. The highest BCUT2D eigenvalue weighted by molar-refractivity contribution is 5.97. The SMILES string of the molecule is CC(C)CN1CC(=O)N2[C@H](C)c3[nH]c4ccccc4c3C[C@H]2C1=O. The van der Waals surface area contributed by atoms with Gasteiger partial charge < -0.3 is 14.8 Å². The maximum atomic E-state index is 13.0. The summed E-state index contributed by atoms with van der Waals surface area (Å²) >= 11 is 0. The Morgan fingerprint density at radius 3 is 2.75 bits per heavy atom. The molecule has 0 spiro atoms. The smallest absolute Gasteiger partial charge is 0.246 e. The highest BCUT2D eigenvalue weighted by Crippen LogP contribution is 2.38. The van der Waals surface area contributed by atoms with E-state index in [1.54, 1.807) is 9.80 Å². The fraction of sp³-hybridized carbons (Fsp3) is 0.474. The summed E-state index contributed by atoms with van der Waals surface area (Å²) in [5, 5.41) is 1.17. The lowest BCUT2D eigenvalue weighted by molar-refractivity contribution is -0.159. The van der Waals surface area contributed by atoms with Crippen LogP contribution < -0.4 is 0 Å². The van der Waals surface area contributed by atoms with Crippen LogP contribution in [0.25, 0.3) is 10.9 Å². The Bertz CT molecular complexity index is 823. The van der Waals surface area contributed by atoms with Crippen LogP contribution in [0.1, 0.15) is 38.1 Å². The second kappa shape index (κ2) is 5.36. The fourth-order valence-electron chi connectivity index (χ4n) is 4.22. The molecule has 5 nitrogen and oxygen atoms in total. The molecule has 2 aliphatic rings. The lowest BCUT2D eigenvalue weighted by atomic mass is 9.89. The summed E-state index contributed by atoms with van der Waals surface area (Å²) in [7, 11) is 0.